The van der Waals surface area contributed by atoms with E-state index >= 15 is 0 Å². The van der Waals surface area contributed by atoms with Crippen LogP contribution in [0.4, 0.5) is 5.69 Å². The number of hydrogen-bond donors (Lipinski definition) is 1. The summed E-state index contributed by atoms with van der Waals surface area (Å²) in [7, 11) is -4.09. The van der Waals surface area contributed by atoms with Gasteiger partial charge >= 0.3 is 0 Å². The van der Waals surface area contributed by atoms with Gasteiger partial charge in [0.25, 0.3) is 10.0 Å². The second-order valence-electron chi connectivity index (χ2n) is 10.7. The highest BCUT2D eigenvalue weighted by atomic mass is 32.2. The van der Waals surface area contributed by atoms with Crippen LogP contribution in [0.3, 0.4) is 0 Å². The molecule has 0 unspecified atom stereocenters. The van der Waals surface area contributed by atoms with E-state index in [1.165, 1.54) is 16.7 Å². The number of nitrogens with one attached hydrogen (secondary N) is 1. The van der Waals surface area contributed by atoms with E-state index in [2.05, 4.69) is 5.32 Å². The molecule has 3 aromatic rings. The van der Waals surface area contributed by atoms with Crippen LogP contribution in [0.5, 0.6) is 0 Å². The van der Waals surface area contributed by atoms with E-state index in [4.69, 9.17) is 0 Å². The molecule has 0 bridgehead atoms. The highest BCUT2D eigenvalue weighted by molar-refractivity contribution is 7.98. The fourth-order valence-electron chi connectivity index (χ4n) is 4.98. The summed E-state index contributed by atoms with van der Waals surface area (Å²) < 4.78 is 29.1. The van der Waals surface area contributed by atoms with Crippen LogP contribution in [-0.4, -0.2) is 50.0 Å². The lowest BCUT2D eigenvalue weighted by molar-refractivity contribution is -0.139. The third-order valence-corrected chi connectivity index (χ3v) is 10.1. The summed E-state index contributed by atoms with van der Waals surface area (Å²) in [5.41, 5.74) is 3.31. The molecule has 1 aliphatic rings. The number of sulfonamides is 1. The van der Waals surface area contributed by atoms with Gasteiger partial charge in [0.2, 0.25) is 11.8 Å². The molecular formula is C32H39N3O4S2. The lowest BCUT2D eigenvalue weighted by Gasteiger charge is -2.32. The SMILES string of the molecule is CSc1ccc(S(=O)(=O)N(CC(=O)N(Cc2ccc(C)cc2)[C@H](C)C(=O)NC2CCCC2)c2ccc(C)cc2)cc1. The average molecular weight is 594 g/mol. The van der Waals surface area contributed by atoms with E-state index in [1.54, 1.807) is 43.3 Å². The molecule has 4 rings (SSSR count). The predicted molar refractivity (Wildman–Crippen MR) is 166 cm³/mol. The van der Waals surface area contributed by atoms with Crippen molar-refractivity contribution >= 4 is 39.3 Å². The number of amides is 2. The van der Waals surface area contributed by atoms with E-state index in [1.807, 2.05) is 56.5 Å². The molecule has 3 aromatic carbocycles. The van der Waals surface area contributed by atoms with E-state index in [0.29, 0.717) is 5.69 Å². The summed E-state index contributed by atoms with van der Waals surface area (Å²) >= 11 is 1.52. The fourth-order valence-corrected chi connectivity index (χ4v) is 6.80. The van der Waals surface area contributed by atoms with Gasteiger partial charge in [0.05, 0.1) is 10.6 Å². The average Bonchev–Trinajstić information content (AvgIpc) is 3.48. The Morgan fingerprint density at radius 2 is 1.46 bits per heavy atom. The Bertz CT molecular complexity index is 1430. The first-order chi connectivity index (χ1) is 19.6. The summed E-state index contributed by atoms with van der Waals surface area (Å²) in [5, 5.41) is 3.10. The number of carbonyl (C=O) groups is 2. The lowest BCUT2D eigenvalue weighted by atomic mass is 10.1. The quantitative estimate of drug-likeness (QED) is 0.289. The van der Waals surface area contributed by atoms with Crippen LogP contribution in [0.15, 0.2) is 82.6 Å². The second-order valence-corrected chi connectivity index (χ2v) is 13.4. The molecule has 0 saturated heterocycles. The van der Waals surface area contributed by atoms with Gasteiger partial charge in [-0.15, -0.1) is 11.8 Å². The monoisotopic (exact) mass is 593 g/mol. The summed E-state index contributed by atoms with van der Waals surface area (Å²) in [6, 6.07) is 20.8. The van der Waals surface area contributed by atoms with Crippen LogP contribution in [0.2, 0.25) is 0 Å². The van der Waals surface area contributed by atoms with Crippen LogP contribution in [0.1, 0.15) is 49.3 Å². The molecule has 1 saturated carbocycles. The minimum Gasteiger partial charge on any atom is -0.352 e. The maximum Gasteiger partial charge on any atom is 0.264 e. The number of nitrogens with zero attached hydrogens (tertiary/aromatic N) is 2. The fraction of sp³-hybridized carbons (Fsp3) is 0.375. The van der Waals surface area contributed by atoms with Crippen LogP contribution in [-0.2, 0) is 26.2 Å². The zero-order valence-electron chi connectivity index (χ0n) is 24.2. The zero-order chi connectivity index (χ0) is 29.6. The van der Waals surface area contributed by atoms with Gasteiger partial charge in [-0.3, -0.25) is 13.9 Å². The molecule has 0 aliphatic heterocycles. The molecule has 218 valence electrons. The largest absolute Gasteiger partial charge is 0.352 e. The Balaban J connectivity index is 1.67. The van der Waals surface area contributed by atoms with E-state index < -0.39 is 28.5 Å². The normalized spacial score (nSPS) is 14.4. The van der Waals surface area contributed by atoms with Crippen molar-refractivity contribution in [3.63, 3.8) is 0 Å². The number of carbonyl (C=O) groups excluding carboxylic acids is 2. The van der Waals surface area contributed by atoms with Crippen LogP contribution >= 0.6 is 11.8 Å². The molecule has 41 heavy (non-hydrogen) atoms. The Morgan fingerprint density at radius 3 is 2.02 bits per heavy atom. The summed E-state index contributed by atoms with van der Waals surface area (Å²) in [6.07, 6.45) is 5.94. The van der Waals surface area contributed by atoms with Crippen molar-refractivity contribution in [1.29, 1.82) is 0 Å². The summed E-state index contributed by atoms with van der Waals surface area (Å²) in [5.74, 6) is -0.681. The molecule has 1 N–H and O–H groups in total. The summed E-state index contributed by atoms with van der Waals surface area (Å²) in [6.45, 7) is 5.36. The van der Waals surface area contributed by atoms with Gasteiger partial charge in [0.1, 0.15) is 12.6 Å². The first-order valence-electron chi connectivity index (χ1n) is 14.0. The Morgan fingerprint density at radius 1 is 0.902 bits per heavy atom. The van der Waals surface area contributed by atoms with Crippen LogP contribution < -0.4 is 9.62 Å². The van der Waals surface area contributed by atoms with Crippen LogP contribution in [0.25, 0.3) is 0 Å². The smallest absolute Gasteiger partial charge is 0.264 e. The first kappa shape index (κ1) is 30.7. The molecule has 9 heteroatoms. The van der Waals surface area contributed by atoms with Crippen molar-refractivity contribution in [1.82, 2.24) is 10.2 Å². The van der Waals surface area contributed by atoms with Crippen molar-refractivity contribution < 1.29 is 18.0 Å². The molecule has 2 amide bonds. The molecule has 0 aromatic heterocycles. The molecular weight excluding hydrogens is 555 g/mol. The third kappa shape index (κ3) is 7.71. The predicted octanol–water partition coefficient (Wildman–Crippen LogP) is 5.70. The Kier molecular flexibility index (Phi) is 10.1. The number of benzene rings is 3. The minimum atomic E-state index is -4.09. The van der Waals surface area contributed by atoms with Gasteiger partial charge < -0.3 is 10.2 Å². The maximum absolute atomic E-state index is 14.1. The van der Waals surface area contributed by atoms with E-state index in [-0.39, 0.29) is 23.4 Å². The molecule has 0 radical (unpaired) electrons. The number of aryl methyl sites for hydroxylation is 2. The first-order valence-corrected chi connectivity index (χ1v) is 16.6. The highest BCUT2D eigenvalue weighted by Crippen LogP contribution is 2.27. The second kappa shape index (κ2) is 13.6. The van der Waals surface area contributed by atoms with E-state index in [9.17, 15) is 18.0 Å². The van der Waals surface area contributed by atoms with Gasteiger partial charge in [0.15, 0.2) is 0 Å². The third-order valence-electron chi connectivity index (χ3n) is 7.59. The zero-order valence-corrected chi connectivity index (χ0v) is 25.8. The Hall–Kier alpha value is -3.30. The van der Waals surface area contributed by atoms with Crippen molar-refractivity contribution in [2.75, 3.05) is 17.1 Å². The molecule has 1 aliphatic carbocycles. The van der Waals surface area contributed by atoms with Crippen LogP contribution in [0, 0.1) is 13.8 Å². The number of rotatable bonds is 11. The van der Waals surface area contributed by atoms with Crippen molar-refractivity contribution in [3.05, 3.63) is 89.5 Å². The standard InChI is InChI=1S/C32H39N3O4S2/c1-23-9-13-26(14-10-23)21-34(25(3)32(37)33-27-7-5-6-8-27)31(36)22-35(28-15-11-24(2)12-16-28)41(38,39)30-19-17-29(40-4)18-20-30/h9-20,25,27H,5-8,21-22H2,1-4H3,(H,33,37)/t25-/m1/s1. The van der Waals surface area contributed by atoms with Crippen molar-refractivity contribution in [2.24, 2.45) is 0 Å². The molecule has 0 heterocycles. The van der Waals surface area contributed by atoms with Gasteiger partial charge in [-0.05, 0) is 81.8 Å². The lowest BCUT2D eigenvalue weighted by Crippen LogP contribution is -2.52. The number of anilines is 1. The molecule has 1 atom stereocenters. The van der Waals surface area contributed by atoms with Gasteiger partial charge in [0, 0.05) is 17.5 Å². The molecule has 1 fully saturated rings. The van der Waals surface area contributed by atoms with Gasteiger partial charge in [-0.2, -0.15) is 0 Å². The topological polar surface area (TPSA) is 86.8 Å². The molecule has 0 spiro atoms. The number of hydrogen-bond acceptors (Lipinski definition) is 5. The van der Waals surface area contributed by atoms with Crippen molar-refractivity contribution in [3.8, 4) is 0 Å². The van der Waals surface area contributed by atoms with Gasteiger partial charge in [-0.25, -0.2) is 8.42 Å². The number of thioether (sulfide) groups is 1. The van der Waals surface area contributed by atoms with E-state index in [0.717, 1.165) is 51.6 Å². The maximum atomic E-state index is 14.1. The molecule has 7 nitrogen and oxygen atoms in total. The van der Waals surface area contributed by atoms with Gasteiger partial charge in [-0.1, -0.05) is 60.4 Å². The minimum absolute atomic E-state index is 0.0979. The van der Waals surface area contributed by atoms with Crippen molar-refractivity contribution in [2.45, 2.75) is 74.9 Å². The highest BCUT2D eigenvalue weighted by Gasteiger charge is 2.33. The summed E-state index contributed by atoms with van der Waals surface area (Å²) in [4.78, 5) is 29.9. The Labute approximate surface area is 248 Å².